The number of hydrogen-bond acceptors (Lipinski definition) is 8. The Hall–Kier alpha value is -1.19. The summed E-state index contributed by atoms with van der Waals surface area (Å²) >= 11 is 0. The molecule has 0 radical (unpaired) electrons. The van der Waals surface area contributed by atoms with Crippen molar-refractivity contribution in [1.82, 2.24) is 0 Å². The van der Waals surface area contributed by atoms with E-state index in [1.807, 2.05) is 0 Å². The Morgan fingerprint density at radius 3 is 1.26 bits per heavy atom. The Morgan fingerprint density at radius 1 is 0.826 bits per heavy atom. The lowest BCUT2D eigenvalue weighted by atomic mass is 10.1. The molecule has 2 unspecified atom stereocenters. The molecule has 9 heteroatoms. The summed E-state index contributed by atoms with van der Waals surface area (Å²) in [5, 5.41) is -1.65. The fourth-order valence-corrected chi connectivity index (χ4v) is 3.05. The van der Waals surface area contributed by atoms with Crippen LogP contribution < -0.4 is 11.5 Å². The number of nitrogens with two attached hydrogens (primary N) is 2. The molecule has 0 spiro atoms. The maximum Gasteiger partial charge on any atom is 0.324 e. The molecule has 23 heavy (non-hydrogen) atoms. The van der Waals surface area contributed by atoms with Crippen LogP contribution in [0.3, 0.4) is 0 Å². The quantitative estimate of drug-likeness (QED) is 0.645. The van der Waals surface area contributed by atoms with Crippen LogP contribution in [0.15, 0.2) is 0 Å². The lowest BCUT2D eigenvalue weighted by Gasteiger charge is -2.30. The first kappa shape index (κ1) is 21.8. The van der Waals surface area contributed by atoms with Gasteiger partial charge in [-0.2, -0.15) is 0 Å². The molecule has 0 aliphatic heterocycles. The fraction of sp³-hybridized carbons (Fsp3) is 0.857. The molecule has 0 heterocycles. The first-order valence-corrected chi connectivity index (χ1v) is 9.07. The smallest absolute Gasteiger partial charge is 0.324 e. The fourth-order valence-electron chi connectivity index (χ4n) is 1.76. The molecule has 0 fully saturated rings. The molecule has 0 aromatic heterocycles. The van der Waals surface area contributed by atoms with Crippen LogP contribution >= 0.6 is 0 Å². The van der Waals surface area contributed by atoms with Gasteiger partial charge in [-0.1, -0.05) is 0 Å². The molecule has 0 aliphatic carbocycles. The van der Waals surface area contributed by atoms with Gasteiger partial charge in [-0.05, 0) is 41.5 Å². The number of esters is 2. The van der Waals surface area contributed by atoms with Gasteiger partial charge in [-0.25, -0.2) is 8.42 Å². The van der Waals surface area contributed by atoms with E-state index in [-0.39, 0.29) is 0 Å². The summed E-state index contributed by atoms with van der Waals surface area (Å²) in [6.45, 7) is 9.67. The summed E-state index contributed by atoms with van der Waals surface area (Å²) in [5.74, 6) is -1.90. The second kappa shape index (κ2) is 7.14. The van der Waals surface area contributed by atoms with Crippen molar-refractivity contribution in [2.24, 2.45) is 11.5 Å². The highest BCUT2D eigenvalue weighted by Gasteiger charge is 2.44. The molecule has 2 atom stereocenters. The first-order chi connectivity index (χ1) is 9.96. The van der Waals surface area contributed by atoms with Gasteiger partial charge in [0, 0.05) is 6.26 Å². The van der Waals surface area contributed by atoms with Crippen molar-refractivity contribution in [3.05, 3.63) is 0 Å². The lowest BCUT2D eigenvalue weighted by molar-refractivity contribution is -0.158. The second-order valence-corrected chi connectivity index (χ2v) is 9.62. The van der Waals surface area contributed by atoms with Gasteiger partial charge >= 0.3 is 11.9 Å². The molecule has 0 aromatic rings. The predicted octanol–water partition coefficient (Wildman–Crippen LogP) is -0.262. The Labute approximate surface area is 137 Å². The zero-order valence-electron chi connectivity index (χ0n) is 14.7. The van der Waals surface area contributed by atoms with Crippen molar-refractivity contribution in [3.63, 3.8) is 0 Å². The largest absolute Gasteiger partial charge is 0.459 e. The van der Waals surface area contributed by atoms with E-state index >= 15 is 0 Å². The van der Waals surface area contributed by atoms with Gasteiger partial charge < -0.3 is 20.9 Å². The van der Waals surface area contributed by atoms with Gasteiger partial charge in [0.05, 0.1) is 0 Å². The third-order valence-electron chi connectivity index (χ3n) is 2.56. The standard InChI is InChI=1S/C14H28N2O6S/c1-13(2,3)21-11(17)8(15)10(23(7,19)20)9(16)12(18)22-14(4,5)6/h8-10H,15-16H2,1-7H3. The van der Waals surface area contributed by atoms with E-state index in [1.54, 1.807) is 41.5 Å². The predicted molar refractivity (Wildman–Crippen MR) is 86.3 cm³/mol. The monoisotopic (exact) mass is 352 g/mol. The molecule has 136 valence electrons. The summed E-state index contributed by atoms with van der Waals surface area (Å²) < 4.78 is 34.1. The number of sulfone groups is 1. The van der Waals surface area contributed by atoms with Crippen LogP contribution in [0.2, 0.25) is 0 Å². The number of hydrogen-bond donors (Lipinski definition) is 2. The summed E-state index contributed by atoms with van der Waals surface area (Å²) in [7, 11) is -3.92. The van der Waals surface area contributed by atoms with Crippen molar-refractivity contribution in [1.29, 1.82) is 0 Å². The van der Waals surface area contributed by atoms with Crippen LogP contribution in [0, 0.1) is 0 Å². The Balaban J connectivity index is 5.47. The highest BCUT2D eigenvalue weighted by molar-refractivity contribution is 7.91. The summed E-state index contributed by atoms with van der Waals surface area (Å²) in [4.78, 5) is 24.1. The molecule has 8 nitrogen and oxygen atoms in total. The number of ether oxygens (including phenoxy) is 2. The van der Waals surface area contributed by atoms with Gasteiger partial charge in [0.15, 0.2) is 9.84 Å². The minimum absolute atomic E-state index is 0.853. The van der Waals surface area contributed by atoms with Crippen molar-refractivity contribution in [2.75, 3.05) is 6.26 Å². The van der Waals surface area contributed by atoms with Gasteiger partial charge in [0.1, 0.15) is 28.5 Å². The summed E-state index contributed by atoms with van der Waals surface area (Å²) in [6.07, 6.45) is 0.853. The average Bonchev–Trinajstić information content (AvgIpc) is 2.21. The number of rotatable bonds is 5. The minimum Gasteiger partial charge on any atom is -0.459 e. The number of carbonyl (C=O) groups excluding carboxylic acids is 2. The number of carbonyl (C=O) groups is 2. The van der Waals surface area contributed by atoms with E-state index in [0.29, 0.717) is 0 Å². The third-order valence-corrected chi connectivity index (χ3v) is 4.14. The highest BCUT2D eigenvalue weighted by Crippen LogP contribution is 2.17. The molecule has 0 bridgehead atoms. The minimum atomic E-state index is -3.92. The van der Waals surface area contributed by atoms with E-state index in [0.717, 1.165) is 6.26 Å². The summed E-state index contributed by atoms with van der Waals surface area (Å²) in [6, 6.07) is -3.21. The van der Waals surface area contributed by atoms with Gasteiger partial charge in [-0.3, -0.25) is 9.59 Å². The van der Waals surface area contributed by atoms with Crippen LogP contribution in [-0.2, 0) is 28.9 Å². The van der Waals surface area contributed by atoms with Crippen molar-refractivity contribution >= 4 is 21.8 Å². The van der Waals surface area contributed by atoms with E-state index in [4.69, 9.17) is 20.9 Å². The van der Waals surface area contributed by atoms with E-state index in [9.17, 15) is 18.0 Å². The zero-order chi connectivity index (χ0) is 18.8. The van der Waals surface area contributed by atoms with E-state index in [2.05, 4.69) is 0 Å². The molecule has 0 saturated heterocycles. The van der Waals surface area contributed by atoms with Gasteiger partial charge in [0.25, 0.3) is 0 Å². The third kappa shape index (κ3) is 7.76. The van der Waals surface area contributed by atoms with Crippen LogP contribution in [0.5, 0.6) is 0 Å². The Bertz CT molecular complexity index is 511. The zero-order valence-corrected chi connectivity index (χ0v) is 15.6. The van der Waals surface area contributed by atoms with E-state index < -0.39 is 50.3 Å². The van der Waals surface area contributed by atoms with Crippen LogP contribution in [-0.4, -0.2) is 55.1 Å². The second-order valence-electron chi connectivity index (χ2n) is 7.41. The maximum atomic E-state index is 12.0. The maximum absolute atomic E-state index is 12.0. The lowest BCUT2D eigenvalue weighted by Crippen LogP contribution is -2.59. The van der Waals surface area contributed by atoms with Crippen LogP contribution in [0.4, 0.5) is 0 Å². The summed E-state index contributed by atoms with van der Waals surface area (Å²) in [5.41, 5.74) is 9.72. The SMILES string of the molecule is CC(C)(C)OC(=O)C(N)C(C(N)C(=O)OC(C)(C)C)S(C)(=O)=O. The normalized spacial score (nSPS) is 17.1. The van der Waals surface area contributed by atoms with Crippen molar-refractivity contribution < 1.29 is 27.5 Å². The highest BCUT2D eigenvalue weighted by atomic mass is 32.2. The van der Waals surface area contributed by atoms with Gasteiger partial charge in [0.2, 0.25) is 0 Å². The topological polar surface area (TPSA) is 139 Å². The van der Waals surface area contributed by atoms with Crippen molar-refractivity contribution in [2.45, 2.75) is 70.1 Å². The van der Waals surface area contributed by atoms with Crippen LogP contribution in [0.1, 0.15) is 41.5 Å². The average molecular weight is 352 g/mol. The molecular formula is C14H28N2O6S. The van der Waals surface area contributed by atoms with Crippen molar-refractivity contribution in [3.8, 4) is 0 Å². The molecule has 0 rings (SSSR count). The molecule has 0 saturated carbocycles. The molecule has 0 amide bonds. The molecule has 0 aromatic carbocycles. The Morgan fingerprint density at radius 2 is 1.09 bits per heavy atom. The molecular weight excluding hydrogens is 324 g/mol. The Kier molecular flexibility index (Phi) is 6.77. The van der Waals surface area contributed by atoms with Crippen LogP contribution in [0.25, 0.3) is 0 Å². The molecule has 0 aliphatic rings. The van der Waals surface area contributed by atoms with E-state index in [1.165, 1.54) is 0 Å². The molecule has 4 N–H and O–H groups in total. The van der Waals surface area contributed by atoms with Gasteiger partial charge in [-0.15, -0.1) is 0 Å². The first-order valence-electron chi connectivity index (χ1n) is 7.11.